The van der Waals surface area contributed by atoms with Crippen molar-refractivity contribution in [2.75, 3.05) is 19.5 Å². The maximum Gasteiger partial charge on any atom is 0.162 e. The van der Waals surface area contributed by atoms with E-state index in [-0.39, 0.29) is 6.04 Å². The minimum absolute atomic E-state index is 0.00885. The molecule has 6 heteroatoms. The Hall–Kier alpha value is -3.28. The van der Waals surface area contributed by atoms with Crippen LogP contribution in [0.25, 0.3) is 21.9 Å². The number of ether oxygens (including phenoxy) is 2. The Kier molecular flexibility index (Phi) is 4.32. The number of furan rings is 1. The SMILES string of the molecule is COc1cc2nc(C)nc(NC(C)c3cccc4ccoc34)c2cc1OC. The number of para-hydroxylation sites is 1. The van der Waals surface area contributed by atoms with E-state index in [1.165, 1.54) is 0 Å². The Morgan fingerprint density at radius 1 is 1.04 bits per heavy atom. The minimum Gasteiger partial charge on any atom is -0.493 e. The van der Waals surface area contributed by atoms with Gasteiger partial charge in [-0.2, -0.15) is 0 Å². The van der Waals surface area contributed by atoms with Crippen LogP contribution in [0.2, 0.25) is 0 Å². The molecule has 0 aliphatic carbocycles. The van der Waals surface area contributed by atoms with E-state index in [9.17, 15) is 0 Å². The van der Waals surface area contributed by atoms with Crippen LogP contribution >= 0.6 is 0 Å². The number of nitrogens with zero attached hydrogens (tertiary/aromatic N) is 2. The first kappa shape index (κ1) is 17.1. The molecule has 27 heavy (non-hydrogen) atoms. The Morgan fingerprint density at radius 2 is 1.81 bits per heavy atom. The number of nitrogens with one attached hydrogen (secondary N) is 1. The molecule has 2 heterocycles. The minimum atomic E-state index is -0.00885. The molecule has 1 unspecified atom stereocenters. The van der Waals surface area contributed by atoms with Gasteiger partial charge in [0, 0.05) is 22.4 Å². The molecule has 2 aromatic carbocycles. The molecule has 138 valence electrons. The number of aryl methyl sites for hydroxylation is 1. The summed E-state index contributed by atoms with van der Waals surface area (Å²) in [5.41, 5.74) is 2.75. The van der Waals surface area contributed by atoms with E-state index in [0.29, 0.717) is 17.3 Å². The summed E-state index contributed by atoms with van der Waals surface area (Å²) in [5, 5.41) is 5.46. The molecule has 0 spiro atoms. The predicted octanol–water partition coefficient (Wildman–Crippen LogP) is 4.87. The van der Waals surface area contributed by atoms with Crippen LogP contribution in [0, 0.1) is 6.92 Å². The number of benzene rings is 2. The topological polar surface area (TPSA) is 69.4 Å². The van der Waals surface area contributed by atoms with Crippen molar-refractivity contribution in [1.29, 1.82) is 0 Å². The fourth-order valence-corrected chi connectivity index (χ4v) is 3.32. The first-order chi connectivity index (χ1) is 13.1. The molecule has 1 N–H and O–H groups in total. The highest BCUT2D eigenvalue weighted by Gasteiger charge is 2.16. The summed E-state index contributed by atoms with van der Waals surface area (Å²) in [6.07, 6.45) is 1.71. The summed E-state index contributed by atoms with van der Waals surface area (Å²) in [7, 11) is 3.23. The lowest BCUT2D eigenvalue weighted by molar-refractivity contribution is 0.356. The van der Waals surface area contributed by atoms with E-state index < -0.39 is 0 Å². The molecule has 0 radical (unpaired) electrons. The van der Waals surface area contributed by atoms with Crippen molar-refractivity contribution in [3.63, 3.8) is 0 Å². The third kappa shape index (κ3) is 3.03. The van der Waals surface area contributed by atoms with Crippen molar-refractivity contribution < 1.29 is 13.9 Å². The van der Waals surface area contributed by atoms with Gasteiger partial charge >= 0.3 is 0 Å². The third-order valence-electron chi connectivity index (χ3n) is 4.64. The van der Waals surface area contributed by atoms with E-state index >= 15 is 0 Å². The van der Waals surface area contributed by atoms with Gasteiger partial charge in [-0.25, -0.2) is 9.97 Å². The molecular formula is C21H21N3O3. The molecule has 0 saturated carbocycles. The fourth-order valence-electron chi connectivity index (χ4n) is 3.32. The molecule has 0 aliphatic rings. The summed E-state index contributed by atoms with van der Waals surface area (Å²) < 4.78 is 16.5. The van der Waals surface area contributed by atoms with Crippen LogP contribution in [-0.4, -0.2) is 24.2 Å². The van der Waals surface area contributed by atoms with Crippen LogP contribution in [0.5, 0.6) is 11.5 Å². The smallest absolute Gasteiger partial charge is 0.162 e. The van der Waals surface area contributed by atoms with Crippen LogP contribution in [0.15, 0.2) is 47.1 Å². The van der Waals surface area contributed by atoms with E-state index in [4.69, 9.17) is 13.9 Å². The van der Waals surface area contributed by atoms with Gasteiger partial charge in [0.05, 0.1) is 32.0 Å². The largest absolute Gasteiger partial charge is 0.493 e. The average Bonchev–Trinajstić information content (AvgIpc) is 3.15. The highest BCUT2D eigenvalue weighted by molar-refractivity contribution is 5.92. The zero-order valence-electron chi connectivity index (χ0n) is 15.7. The van der Waals surface area contributed by atoms with E-state index in [0.717, 1.165) is 33.3 Å². The quantitative estimate of drug-likeness (QED) is 0.545. The van der Waals surface area contributed by atoms with Gasteiger partial charge in [-0.15, -0.1) is 0 Å². The second-order valence-corrected chi connectivity index (χ2v) is 6.40. The van der Waals surface area contributed by atoms with E-state index in [2.05, 4.69) is 28.3 Å². The number of aromatic nitrogens is 2. The van der Waals surface area contributed by atoms with Gasteiger partial charge < -0.3 is 19.2 Å². The van der Waals surface area contributed by atoms with Crippen molar-refractivity contribution in [2.24, 2.45) is 0 Å². The van der Waals surface area contributed by atoms with Gasteiger partial charge in [-0.05, 0) is 26.0 Å². The van der Waals surface area contributed by atoms with Gasteiger partial charge in [-0.3, -0.25) is 0 Å². The highest BCUT2D eigenvalue weighted by atomic mass is 16.5. The molecule has 2 aromatic heterocycles. The number of hydrogen-bond acceptors (Lipinski definition) is 6. The van der Waals surface area contributed by atoms with Crippen molar-refractivity contribution >= 4 is 27.7 Å². The van der Waals surface area contributed by atoms with E-state index in [1.807, 2.05) is 37.3 Å². The van der Waals surface area contributed by atoms with Crippen LogP contribution in [0.4, 0.5) is 5.82 Å². The number of anilines is 1. The van der Waals surface area contributed by atoms with Crippen molar-refractivity contribution in [1.82, 2.24) is 9.97 Å². The lowest BCUT2D eigenvalue weighted by atomic mass is 10.1. The maximum atomic E-state index is 5.68. The van der Waals surface area contributed by atoms with Gasteiger partial charge in [0.1, 0.15) is 17.2 Å². The summed E-state index contributed by atoms with van der Waals surface area (Å²) in [6.45, 7) is 3.96. The molecule has 0 bridgehead atoms. The van der Waals surface area contributed by atoms with Gasteiger partial charge in [0.25, 0.3) is 0 Å². The highest BCUT2D eigenvalue weighted by Crippen LogP contribution is 2.35. The summed E-state index contributed by atoms with van der Waals surface area (Å²) >= 11 is 0. The van der Waals surface area contributed by atoms with E-state index in [1.54, 1.807) is 20.5 Å². The number of hydrogen-bond donors (Lipinski definition) is 1. The Balaban J connectivity index is 1.80. The third-order valence-corrected chi connectivity index (χ3v) is 4.64. The second-order valence-electron chi connectivity index (χ2n) is 6.40. The molecule has 0 saturated heterocycles. The van der Waals surface area contributed by atoms with Gasteiger partial charge in [0.2, 0.25) is 0 Å². The van der Waals surface area contributed by atoms with Crippen molar-refractivity contribution in [3.05, 3.63) is 54.0 Å². The monoisotopic (exact) mass is 363 g/mol. The fraction of sp³-hybridized carbons (Fsp3) is 0.238. The molecule has 0 fully saturated rings. The molecular weight excluding hydrogens is 342 g/mol. The first-order valence-corrected chi connectivity index (χ1v) is 8.73. The second kappa shape index (κ2) is 6.79. The predicted molar refractivity (Wildman–Crippen MR) is 106 cm³/mol. The zero-order valence-corrected chi connectivity index (χ0v) is 15.7. The number of methoxy groups -OCH3 is 2. The molecule has 1 atom stereocenters. The molecule has 0 aliphatic heterocycles. The summed E-state index contributed by atoms with van der Waals surface area (Å²) in [6, 6.07) is 11.8. The average molecular weight is 363 g/mol. The summed E-state index contributed by atoms with van der Waals surface area (Å²) in [5.74, 6) is 2.71. The molecule has 4 aromatic rings. The van der Waals surface area contributed by atoms with Crippen molar-refractivity contribution in [3.8, 4) is 11.5 Å². The van der Waals surface area contributed by atoms with Crippen LogP contribution in [0.3, 0.4) is 0 Å². The molecule has 6 nitrogen and oxygen atoms in total. The Morgan fingerprint density at radius 3 is 2.59 bits per heavy atom. The van der Waals surface area contributed by atoms with Crippen LogP contribution in [-0.2, 0) is 0 Å². The lowest BCUT2D eigenvalue weighted by Crippen LogP contribution is -2.10. The molecule has 0 amide bonds. The van der Waals surface area contributed by atoms with Crippen molar-refractivity contribution in [2.45, 2.75) is 19.9 Å². The zero-order chi connectivity index (χ0) is 19.0. The Bertz CT molecular complexity index is 1120. The Labute approximate surface area is 157 Å². The van der Waals surface area contributed by atoms with Crippen LogP contribution < -0.4 is 14.8 Å². The summed E-state index contributed by atoms with van der Waals surface area (Å²) in [4.78, 5) is 9.15. The van der Waals surface area contributed by atoms with Crippen LogP contribution in [0.1, 0.15) is 24.4 Å². The molecule has 4 rings (SSSR count). The normalized spacial score (nSPS) is 12.3. The van der Waals surface area contributed by atoms with Gasteiger partial charge in [-0.1, -0.05) is 18.2 Å². The van der Waals surface area contributed by atoms with Gasteiger partial charge in [0.15, 0.2) is 11.5 Å². The maximum absolute atomic E-state index is 5.68. The standard InChI is InChI=1S/C21H21N3O3/c1-12(15-7-5-6-14-8-9-27-20(14)15)22-21-16-10-18(25-3)19(26-4)11-17(16)23-13(2)24-21/h5-12H,1-4H3,(H,22,23,24). The lowest BCUT2D eigenvalue weighted by Gasteiger charge is -2.18. The number of rotatable bonds is 5. The first-order valence-electron chi connectivity index (χ1n) is 8.73. The number of fused-ring (bicyclic) bond motifs is 2.